The fourth-order valence-corrected chi connectivity index (χ4v) is 4.44. The van der Waals surface area contributed by atoms with Gasteiger partial charge in [0.15, 0.2) is 0 Å². The number of hydrogen-bond acceptors (Lipinski definition) is 4. The lowest BCUT2D eigenvalue weighted by Crippen LogP contribution is -2.42. The number of fused-ring (bicyclic) bond motifs is 2. The standard InChI is InChI=1S/C21H19ClN4/c22-15-4-3-5-16(12-15)24-21-23-11-10-20(25-21)26-13-14-8-9-19(26)18-7-2-1-6-17(14)18/h1-7,10-12,14,19H,8-9,13H2,(H,23,24,25)/t14-,19+/m1/s1. The highest BCUT2D eigenvalue weighted by molar-refractivity contribution is 6.30. The van der Waals surface area contributed by atoms with E-state index in [0.29, 0.717) is 22.9 Å². The third-order valence-electron chi connectivity index (χ3n) is 5.39. The maximum Gasteiger partial charge on any atom is 0.229 e. The Labute approximate surface area is 157 Å². The summed E-state index contributed by atoms with van der Waals surface area (Å²) in [6.45, 7) is 1.02. The average Bonchev–Trinajstić information content (AvgIpc) is 2.69. The molecule has 0 amide bonds. The molecule has 6 rings (SSSR count). The van der Waals surface area contributed by atoms with Gasteiger partial charge in [-0.1, -0.05) is 41.9 Å². The molecule has 0 unspecified atom stereocenters. The first-order chi connectivity index (χ1) is 12.8. The fourth-order valence-electron chi connectivity index (χ4n) is 4.25. The molecule has 1 saturated heterocycles. The molecule has 2 aromatic carbocycles. The van der Waals surface area contributed by atoms with Crippen LogP contribution in [0.2, 0.25) is 5.02 Å². The Balaban J connectivity index is 1.45. The molecule has 3 aliphatic rings. The molecule has 1 aromatic heterocycles. The first-order valence-electron chi connectivity index (χ1n) is 8.99. The number of hydrogen-bond donors (Lipinski definition) is 1. The van der Waals surface area contributed by atoms with E-state index >= 15 is 0 Å². The van der Waals surface area contributed by atoms with Crippen molar-refractivity contribution in [2.24, 2.45) is 0 Å². The van der Waals surface area contributed by atoms with Crippen LogP contribution in [0, 0.1) is 0 Å². The largest absolute Gasteiger partial charge is 0.349 e. The molecule has 0 saturated carbocycles. The average molecular weight is 363 g/mol. The van der Waals surface area contributed by atoms with Crippen LogP contribution in [-0.2, 0) is 0 Å². The Morgan fingerprint density at radius 2 is 1.88 bits per heavy atom. The third-order valence-corrected chi connectivity index (χ3v) is 5.63. The van der Waals surface area contributed by atoms with E-state index in [1.54, 1.807) is 0 Å². The second-order valence-electron chi connectivity index (χ2n) is 6.95. The molecule has 3 aromatic rings. The summed E-state index contributed by atoms with van der Waals surface area (Å²) in [6, 6.07) is 18.9. The molecule has 26 heavy (non-hydrogen) atoms. The van der Waals surface area contributed by atoms with Crippen LogP contribution >= 0.6 is 11.6 Å². The van der Waals surface area contributed by atoms with Gasteiger partial charge in [-0.25, -0.2) is 4.98 Å². The molecule has 1 fully saturated rings. The summed E-state index contributed by atoms with van der Waals surface area (Å²) in [5.41, 5.74) is 3.87. The van der Waals surface area contributed by atoms with E-state index in [4.69, 9.17) is 16.6 Å². The second kappa shape index (κ2) is 6.29. The lowest BCUT2D eigenvalue weighted by molar-refractivity contribution is 0.387. The van der Waals surface area contributed by atoms with Crippen LogP contribution in [0.25, 0.3) is 0 Å². The molecule has 2 bridgehead atoms. The van der Waals surface area contributed by atoms with Crippen LogP contribution < -0.4 is 10.2 Å². The van der Waals surface area contributed by atoms with Crippen molar-refractivity contribution in [3.8, 4) is 0 Å². The number of benzene rings is 2. The smallest absolute Gasteiger partial charge is 0.229 e. The van der Waals surface area contributed by atoms with Gasteiger partial charge in [-0.05, 0) is 48.2 Å². The van der Waals surface area contributed by atoms with Crippen LogP contribution in [0.5, 0.6) is 0 Å². The van der Waals surface area contributed by atoms with E-state index in [-0.39, 0.29) is 0 Å². The van der Waals surface area contributed by atoms with E-state index in [9.17, 15) is 0 Å². The zero-order valence-corrected chi connectivity index (χ0v) is 15.0. The summed E-state index contributed by atoms with van der Waals surface area (Å²) in [4.78, 5) is 11.6. The van der Waals surface area contributed by atoms with Crippen molar-refractivity contribution in [1.29, 1.82) is 0 Å². The predicted molar refractivity (Wildman–Crippen MR) is 105 cm³/mol. The number of halogens is 1. The minimum Gasteiger partial charge on any atom is -0.349 e. The lowest BCUT2D eigenvalue weighted by atomic mass is 9.75. The molecule has 130 valence electrons. The molecule has 0 radical (unpaired) electrons. The predicted octanol–water partition coefficient (Wildman–Crippen LogP) is 5.31. The number of anilines is 3. The minimum absolute atomic E-state index is 0.408. The van der Waals surface area contributed by atoms with E-state index in [1.165, 1.54) is 24.0 Å². The minimum atomic E-state index is 0.408. The van der Waals surface area contributed by atoms with Gasteiger partial charge in [-0.15, -0.1) is 0 Å². The molecule has 4 nitrogen and oxygen atoms in total. The number of rotatable bonds is 3. The van der Waals surface area contributed by atoms with Crippen molar-refractivity contribution in [2.45, 2.75) is 24.8 Å². The molecule has 1 N–H and O–H groups in total. The van der Waals surface area contributed by atoms with Crippen molar-refractivity contribution in [2.75, 3.05) is 16.8 Å². The van der Waals surface area contributed by atoms with Crippen molar-refractivity contribution in [1.82, 2.24) is 9.97 Å². The zero-order valence-electron chi connectivity index (χ0n) is 14.3. The lowest BCUT2D eigenvalue weighted by Gasteiger charge is -2.47. The first-order valence-corrected chi connectivity index (χ1v) is 9.37. The van der Waals surface area contributed by atoms with Crippen LogP contribution in [0.15, 0.2) is 60.8 Å². The SMILES string of the molecule is Clc1cccc(Nc2nccc(N3C[C@H]4CC[C@H]3c3ccccc34)n2)c1. The quantitative estimate of drug-likeness (QED) is 0.685. The topological polar surface area (TPSA) is 41.1 Å². The molecule has 0 spiro atoms. The summed E-state index contributed by atoms with van der Waals surface area (Å²) in [5.74, 6) is 2.17. The Morgan fingerprint density at radius 3 is 2.77 bits per heavy atom. The van der Waals surface area contributed by atoms with Crippen LogP contribution in [0.3, 0.4) is 0 Å². The summed E-state index contributed by atoms with van der Waals surface area (Å²) in [6.07, 6.45) is 4.27. The van der Waals surface area contributed by atoms with E-state index in [0.717, 1.165) is 18.1 Å². The maximum atomic E-state index is 6.07. The van der Waals surface area contributed by atoms with Gasteiger partial charge in [0, 0.05) is 29.4 Å². The summed E-state index contributed by atoms with van der Waals surface area (Å²) < 4.78 is 0. The normalized spacial score (nSPS) is 20.7. The maximum absolute atomic E-state index is 6.07. The summed E-state index contributed by atoms with van der Waals surface area (Å²) >= 11 is 6.07. The van der Waals surface area contributed by atoms with Crippen LogP contribution in [0.1, 0.15) is 35.9 Å². The van der Waals surface area contributed by atoms with Gasteiger partial charge in [0.2, 0.25) is 5.95 Å². The zero-order chi connectivity index (χ0) is 17.5. The molecule has 5 heteroatoms. The highest BCUT2D eigenvalue weighted by atomic mass is 35.5. The Bertz CT molecular complexity index is 958. The van der Waals surface area contributed by atoms with Crippen LogP contribution in [0.4, 0.5) is 17.5 Å². The van der Waals surface area contributed by atoms with Crippen LogP contribution in [-0.4, -0.2) is 16.5 Å². The summed E-state index contributed by atoms with van der Waals surface area (Å²) in [5, 5.41) is 3.94. The number of nitrogens with zero attached hydrogens (tertiary/aromatic N) is 3. The molecule has 1 aliphatic carbocycles. The van der Waals surface area contributed by atoms with Crippen molar-refractivity contribution in [3.05, 3.63) is 76.9 Å². The Kier molecular flexibility index (Phi) is 3.79. The summed E-state index contributed by atoms with van der Waals surface area (Å²) in [7, 11) is 0. The highest BCUT2D eigenvalue weighted by Crippen LogP contribution is 2.47. The van der Waals surface area contributed by atoms with E-state index < -0.39 is 0 Å². The molecule has 2 atom stereocenters. The molecular formula is C21H19ClN4. The van der Waals surface area contributed by atoms with E-state index in [1.807, 2.05) is 36.5 Å². The van der Waals surface area contributed by atoms with E-state index in [2.05, 4.69) is 39.5 Å². The molecular weight excluding hydrogens is 344 g/mol. The second-order valence-corrected chi connectivity index (χ2v) is 7.38. The number of nitrogens with one attached hydrogen (secondary N) is 1. The first kappa shape index (κ1) is 15.6. The van der Waals surface area contributed by atoms with Gasteiger partial charge < -0.3 is 10.2 Å². The third kappa shape index (κ3) is 2.71. The van der Waals surface area contributed by atoms with Gasteiger partial charge >= 0.3 is 0 Å². The molecule has 3 heterocycles. The van der Waals surface area contributed by atoms with Gasteiger partial charge in [0.25, 0.3) is 0 Å². The van der Waals surface area contributed by atoms with Crippen molar-refractivity contribution in [3.63, 3.8) is 0 Å². The Morgan fingerprint density at radius 1 is 1.00 bits per heavy atom. The van der Waals surface area contributed by atoms with Crippen molar-refractivity contribution < 1.29 is 0 Å². The van der Waals surface area contributed by atoms with Gasteiger partial charge in [0.05, 0.1) is 6.04 Å². The Hall–Kier alpha value is -2.59. The molecule has 2 aliphatic heterocycles. The van der Waals surface area contributed by atoms with Gasteiger partial charge in [0.1, 0.15) is 5.82 Å². The highest BCUT2D eigenvalue weighted by Gasteiger charge is 2.38. The van der Waals surface area contributed by atoms with Gasteiger partial charge in [-0.3, -0.25) is 0 Å². The number of aromatic nitrogens is 2. The number of piperidine rings is 1. The van der Waals surface area contributed by atoms with Crippen molar-refractivity contribution >= 4 is 29.1 Å². The monoisotopic (exact) mass is 362 g/mol. The fraction of sp³-hybridized carbons (Fsp3) is 0.238. The van der Waals surface area contributed by atoms with Gasteiger partial charge in [-0.2, -0.15) is 4.98 Å².